The zero-order valence-electron chi connectivity index (χ0n) is 24.9. The first kappa shape index (κ1) is 26.7. The Balaban J connectivity index is 1.54. The Bertz CT molecular complexity index is 1390. The van der Waals surface area contributed by atoms with Crippen molar-refractivity contribution in [2.75, 3.05) is 0 Å². The van der Waals surface area contributed by atoms with Crippen molar-refractivity contribution in [3.63, 3.8) is 0 Å². The predicted molar refractivity (Wildman–Crippen MR) is 148 cm³/mol. The molecule has 5 aliphatic carbocycles. The number of carbonyl (C=O) groups is 2. The molecule has 1 aromatic heterocycles. The minimum Gasteiger partial charge on any atom is -0.339 e. The van der Waals surface area contributed by atoms with Gasteiger partial charge in [0.15, 0.2) is 17.4 Å². The van der Waals surface area contributed by atoms with E-state index in [0.717, 1.165) is 56.4 Å². The summed E-state index contributed by atoms with van der Waals surface area (Å²) in [7, 11) is 0. The number of hydrogen-bond donors (Lipinski definition) is 0. The molecule has 5 aliphatic rings. The van der Waals surface area contributed by atoms with E-state index in [2.05, 4.69) is 44.6 Å². The fraction of sp³-hybridized carbons (Fsp3) is 0.727. The third-order valence-corrected chi connectivity index (χ3v) is 12.8. The van der Waals surface area contributed by atoms with Gasteiger partial charge in [0.25, 0.3) is 0 Å². The van der Waals surface area contributed by atoms with E-state index in [1.165, 1.54) is 0 Å². The molecule has 6 heteroatoms. The van der Waals surface area contributed by atoms with E-state index in [0.29, 0.717) is 5.82 Å². The quantitative estimate of drug-likeness (QED) is 0.360. The maximum Gasteiger partial charge on any atom is 0.233 e. The lowest BCUT2D eigenvalue weighted by Crippen LogP contribution is -2.65. The fourth-order valence-corrected chi connectivity index (χ4v) is 10.5. The average Bonchev–Trinajstić information content (AvgIpc) is 3.29. The molecular formula is C33H43N3O3. The van der Waals surface area contributed by atoms with E-state index in [1.54, 1.807) is 0 Å². The first-order chi connectivity index (χ1) is 18.1. The van der Waals surface area contributed by atoms with Crippen LogP contribution >= 0.6 is 0 Å². The highest BCUT2D eigenvalue weighted by Crippen LogP contribution is 2.74. The summed E-state index contributed by atoms with van der Waals surface area (Å²) in [5.41, 5.74) is -0.353. The number of rotatable bonds is 1. The van der Waals surface area contributed by atoms with Gasteiger partial charge in [-0.25, -0.2) is 4.85 Å². The molecule has 208 valence electrons. The molecule has 0 saturated heterocycles. The minimum absolute atomic E-state index is 0.0582. The van der Waals surface area contributed by atoms with Crippen LogP contribution in [0.4, 0.5) is 0 Å². The van der Waals surface area contributed by atoms with Crippen LogP contribution in [-0.4, -0.2) is 21.7 Å². The van der Waals surface area contributed by atoms with Crippen molar-refractivity contribution >= 4 is 11.6 Å². The molecule has 0 aromatic carbocycles. The van der Waals surface area contributed by atoms with E-state index < -0.39 is 10.8 Å². The zero-order valence-corrected chi connectivity index (χ0v) is 24.9. The van der Waals surface area contributed by atoms with Gasteiger partial charge in [-0.3, -0.25) is 4.79 Å². The van der Waals surface area contributed by atoms with E-state index >= 15 is 0 Å². The zero-order chi connectivity index (χ0) is 28.4. The van der Waals surface area contributed by atoms with Crippen molar-refractivity contribution in [3.05, 3.63) is 46.6 Å². The van der Waals surface area contributed by atoms with Gasteiger partial charge < -0.3 is 9.32 Å². The lowest BCUT2D eigenvalue weighted by Gasteiger charge is -2.69. The summed E-state index contributed by atoms with van der Waals surface area (Å²) in [6.45, 7) is 25.3. The summed E-state index contributed by atoms with van der Waals surface area (Å²) >= 11 is 0. The van der Waals surface area contributed by atoms with Crippen molar-refractivity contribution in [1.82, 2.24) is 10.1 Å². The number of hydrogen-bond acceptors (Lipinski definition) is 5. The van der Waals surface area contributed by atoms with Crippen LogP contribution in [0.15, 0.2) is 27.9 Å². The number of fused-ring (bicyclic) bond motifs is 7. The van der Waals surface area contributed by atoms with Gasteiger partial charge in [0.1, 0.15) is 0 Å². The highest BCUT2D eigenvalue weighted by Gasteiger charge is 2.70. The third kappa shape index (κ3) is 3.19. The molecule has 0 bridgehead atoms. The first-order valence-electron chi connectivity index (χ1n) is 14.8. The minimum atomic E-state index is -0.642. The van der Waals surface area contributed by atoms with Crippen LogP contribution in [0.25, 0.3) is 4.85 Å². The Labute approximate surface area is 232 Å². The molecule has 39 heavy (non-hydrogen) atoms. The van der Waals surface area contributed by atoms with Gasteiger partial charge in [0.2, 0.25) is 11.6 Å². The largest absolute Gasteiger partial charge is 0.339 e. The SMILES string of the molecule is [C-]#[N+]C1=C[C@]2(C)C3=CC(=O)[C@@H]4[C@@H]5CC(C)(C)CC[C@]5(c5nc(C)no5)CC[C@@]4(C)[C@]3(C)CC[C@H]2C(C)(C)C1=O. The molecule has 3 fully saturated rings. The summed E-state index contributed by atoms with van der Waals surface area (Å²) < 4.78 is 5.90. The maximum atomic E-state index is 14.6. The van der Waals surface area contributed by atoms with Crippen LogP contribution in [0.2, 0.25) is 0 Å². The number of aromatic nitrogens is 2. The summed E-state index contributed by atoms with van der Waals surface area (Å²) in [6, 6.07) is 0. The van der Waals surface area contributed by atoms with Crippen LogP contribution in [0.5, 0.6) is 0 Å². The number of ketones is 2. The molecular weight excluding hydrogens is 486 g/mol. The number of allylic oxidation sites excluding steroid dienone is 4. The van der Waals surface area contributed by atoms with Crippen molar-refractivity contribution in [3.8, 4) is 0 Å². The molecule has 3 saturated carbocycles. The monoisotopic (exact) mass is 529 g/mol. The normalized spacial score (nSPS) is 44.1. The van der Waals surface area contributed by atoms with E-state index in [9.17, 15) is 9.59 Å². The van der Waals surface area contributed by atoms with Crippen molar-refractivity contribution in [2.45, 2.75) is 106 Å². The smallest absolute Gasteiger partial charge is 0.233 e. The Morgan fingerprint density at radius 2 is 1.69 bits per heavy atom. The lowest BCUT2D eigenvalue weighted by molar-refractivity contribution is -0.161. The van der Waals surface area contributed by atoms with Gasteiger partial charge in [-0.2, -0.15) is 4.98 Å². The number of carbonyl (C=O) groups excluding carboxylic acids is 2. The molecule has 6 nitrogen and oxygen atoms in total. The van der Waals surface area contributed by atoms with Crippen LogP contribution < -0.4 is 0 Å². The van der Waals surface area contributed by atoms with Crippen LogP contribution in [0.3, 0.4) is 0 Å². The Morgan fingerprint density at radius 3 is 2.33 bits per heavy atom. The fourth-order valence-electron chi connectivity index (χ4n) is 10.5. The van der Waals surface area contributed by atoms with Crippen LogP contribution in [0, 0.1) is 58.3 Å². The molecule has 6 rings (SSSR count). The highest BCUT2D eigenvalue weighted by molar-refractivity contribution is 6.03. The van der Waals surface area contributed by atoms with E-state index in [4.69, 9.17) is 16.1 Å². The van der Waals surface area contributed by atoms with Gasteiger partial charge in [-0.15, -0.1) is 0 Å². The topological polar surface area (TPSA) is 77.4 Å². The second kappa shape index (κ2) is 7.80. The molecule has 0 spiro atoms. The van der Waals surface area contributed by atoms with Crippen LogP contribution in [-0.2, 0) is 15.0 Å². The summed E-state index contributed by atoms with van der Waals surface area (Å²) in [4.78, 5) is 36.3. The summed E-state index contributed by atoms with van der Waals surface area (Å²) in [5, 5.41) is 4.18. The maximum absolute atomic E-state index is 14.6. The molecule has 0 radical (unpaired) electrons. The summed E-state index contributed by atoms with van der Waals surface area (Å²) in [5.74, 6) is 1.60. The summed E-state index contributed by atoms with van der Waals surface area (Å²) in [6.07, 6.45) is 10.6. The van der Waals surface area contributed by atoms with Gasteiger partial charge in [0, 0.05) is 16.7 Å². The first-order valence-corrected chi connectivity index (χ1v) is 14.8. The van der Waals surface area contributed by atoms with Gasteiger partial charge in [0.05, 0.1) is 12.0 Å². The molecule has 0 unspecified atom stereocenters. The molecule has 0 N–H and O–H groups in total. The standard InChI is InChI=1S/C33H43N3O3/c1-19-35-27(39-36-19)33-14-12-28(2,3)17-20(33)25-22(37)16-24-30(6)18-21(34-9)26(38)29(4,5)23(30)10-11-31(24,7)32(25,8)13-15-33/h16,18,20,23,25H,10-15,17H2,1-8H3/t20-,23-,25-,30-,31+,32+,33-/m0/s1. The number of nitrogens with zero attached hydrogens (tertiary/aromatic N) is 3. The van der Waals surface area contributed by atoms with Gasteiger partial charge >= 0.3 is 0 Å². The van der Waals surface area contributed by atoms with E-state index in [1.807, 2.05) is 32.9 Å². The Hall–Kier alpha value is -2.55. The second-order valence-corrected chi connectivity index (χ2v) is 15.5. The predicted octanol–water partition coefficient (Wildman–Crippen LogP) is 7.20. The Morgan fingerprint density at radius 1 is 1.00 bits per heavy atom. The van der Waals surface area contributed by atoms with Crippen LogP contribution in [0.1, 0.15) is 105 Å². The lowest BCUT2D eigenvalue weighted by atomic mass is 9.34. The second-order valence-electron chi connectivity index (χ2n) is 15.5. The number of Topliss-reactive ketones (excluding diaryl/α,β-unsaturated/α-hetero) is 1. The molecule has 1 aromatic rings. The Kier molecular flexibility index (Phi) is 5.33. The molecule has 0 amide bonds. The van der Waals surface area contributed by atoms with E-state index in [-0.39, 0.29) is 56.7 Å². The van der Waals surface area contributed by atoms with Gasteiger partial charge in [-0.1, -0.05) is 65.3 Å². The average molecular weight is 530 g/mol. The number of aryl methyl sites for hydroxylation is 1. The third-order valence-electron chi connectivity index (χ3n) is 12.8. The molecule has 7 atom stereocenters. The molecule has 0 aliphatic heterocycles. The molecule has 1 heterocycles. The van der Waals surface area contributed by atoms with Crippen molar-refractivity contribution in [1.29, 1.82) is 0 Å². The highest BCUT2D eigenvalue weighted by atomic mass is 16.5. The van der Waals surface area contributed by atoms with Gasteiger partial charge in [-0.05, 0) is 86.0 Å². The van der Waals surface area contributed by atoms with Crippen molar-refractivity contribution in [2.24, 2.45) is 44.8 Å². The van der Waals surface area contributed by atoms with Crippen molar-refractivity contribution < 1.29 is 14.1 Å².